The molecule has 9 heteroatoms. The summed E-state index contributed by atoms with van der Waals surface area (Å²) in [6.45, 7) is 6.11. The van der Waals surface area contributed by atoms with Gasteiger partial charge in [0.15, 0.2) is 16.6 Å². The molecular formula is C22H20BrClN2O4S. The number of anilines is 1. The van der Waals surface area contributed by atoms with Gasteiger partial charge in [0.05, 0.1) is 27.9 Å². The van der Waals surface area contributed by atoms with Gasteiger partial charge in [-0.25, -0.2) is 0 Å². The number of nitrogens with zero attached hydrogens (tertiary/aromatic N) is 1. The smallest absolute Gasteiger partial charge is 0.270 e. The van der Waals surface area contributed by atoms with Crippen LogP contribution in [0.2, 0.25) is 5.02 Å². The minimum atomic E-state index is -0.588. The van der Waals surface area contributed by atoms with E-state index in [9.17, 15) is 9.59 Å². The number of benzene rings is 2. The van der Waals surface area contributed by atoms with Crippen molar-refractivity contribution in [3.8, 4) is 11.5 Å². The molecule has 0 atom stereocenters. The number of carbonyl (C=O) groups excluding carboxylic acids is 2. The SMILES string of the molecule is CCOc1cc(/C=C2\C(=O)NC(=S)N(c3ccccc3Cl)C2=O)cc(Br)c1OC(C)C. The van der Waals surface area contributed by atoms with Crippen molar-refractivity contribution in [1.29, 1.82) is 0 Å². The Hall–Kier alpha value is -2.42. The standard InChI is InChI=1S/C22H20BrClN2O4S/c1-4-29-18-11-13(10-15(23)19(18)30-12(2)3)9-14-20(27)25-22(31)26(21(14)28)17-8-6-5-7-16(17)24/h5-12H,4H2,1-3H3,(H,25,27,31)/b14-9+. The highest BCUT2D eigenvalue weighted by Gasteiger charge is 2.35. The summed E-state index contributed by atoms with van der Waals surface area (Å²) < 4.78 is 12.2. The molecule has 1 aliphatic rings. The van der Waals surface area contributed by atoms with Crippen LogP contribution >= 0.6 is 39.7 Å². The largest absolute Gasteiger partial charge is 0.490 e. The van der Waals surface area contributed by atoms with Gasteiger partial charge in [-0.05, 0) is 84.8 Å². The topological polar surface area (TPSA) is 67.9 Å². The molecule has 0 aromatic heterocycles. The maximum Gasteiger partial charge on any atom is 0.270 e. The second kappa shape index (κ2) is 9.80. The zero-order chi connectivity index (χ0) is 22.7. The zero-order valence-electron chi connectivity index (χ0n) is 17.1. The number of halogens is 2. The second-order valence-electron chi connectivity index (χ2n) is 6.84. The van der Waals surface area contributed by atoms with Crippen LogP contribution in [-0.4, -0.2) is 29.6 Å². The average molecular weight is 524 g/mol. The maximum atomic E-state index is 13.2. The number of thiocarbonyl (C=S) groups is 1. The van der Waals surface area contributed by atoms with Crippen molar-refractivity contribution in [2.45, 2.75) is 26.9 Å². The molecular weight excluding hydrogens is 504 g/mol. The Balaban J connectivity index is 2.05. The van der Waals surface area contributed by atoms with Gasteiger partial charge in [0.1, 0.15) is 5.57 Å². The number of ether oxygens (including phenoxy) is 2. The van der Waals surface area contributed by atoms with Crippen molar-refractivity contribution < 1.29 is 19.1 Å². The molecule has 1 saturated heterocycles. The third-order valence-electron chi connectivity index (χ3n) is 4.19. The van der Waals surface area contributed by atoms with Gasteiger partial charge in [-0.2, -0.15) is 0 Å². The van der Waals surface area contributed by atoms with Gasteiger partial charge >= 0.3 is 0 Å². The summed E-state index contributed by atoms with van der Waals surface area (Å²) in [5, 5.41) is 2.86. The molecule has 31 heavy (non-hydrogen) atoms. The molecule has 0 saturated carbocycles. The summed E-state index contributed by atoms with van der Waals surface area (Å²) in [7, 11) is 0. The van der Waals surface area contributed by atoms with Gasteiger partial charge in [-0.15, -0.1) is 0 Å². The Bertz CT molecular complexity index is 1090. The first kappa shape index (κ1) is 23.2. The Morgan fingerprint density at radius 1 is 1.26 bits per heavy atom. The highest BCUT2D eigenvalue weighted by atomic mass is 79.9. The predicted molar refractivity (Wildman–Crippen MR) is 129 cm³/mol. The normalized spacial score (nSPS) is 15.5. The van der Waals surface area contributed by atoms with Crippen molar-refractivity contribution >= 4 is 68.4 Å². The lowest BCUT2D eigenvalue weighted by atomic mass is 10.1. The molecule has 0 spiro atoms. The first-order chi connectivity index (χ1) is 14.7. The van der Waals surface area contributed by atoms with E-state index in [1.54, 1.807) is 36.4 Å². The lowest BCUT2D eigenvalue weighted by molar-refractivity contribution is -0.122. The van der Waals surface area contributed by atoms with Crippen molar-refractivity contribution in [2.75, 3.05) is 11.5 Å². The van der Waals surface area contributed by atoms with Crippen LogP contribution in [0.25, 0.3) is 6.08 Å². The fraction of sp³-hybridized carbons (Fsp3) is 0.227. The first-order valence-electron chi connectivity index (χ1n) is 9.51. The Morgan fingerprint density at radius 3 is 2.61 bits per heavy atom. The van der Waals surface area contributed by atoms with E-state index in [0.29, 0.717) is 38.9 Å². The predicted octanol–water partition coefficient (Wildman–Crippen LogP) is 5.12. The average Bonchev–Trinajstić information content (AvgIpc) is 2.69. The molecule has 162 valence electrons. The zero-order valence-corrected chi connectivity index (χ0v) is 20.2. The number of hydrogen-bond acceptors (Lipinski definition) is 5. The molecule has 0 aliphatic carbocycles. The van der Waals surface area contributed by atoms with E-state index < -0.39 is 11.8 Å². The molecule has 0 unspecified atom stereocenters. The van der Waals surface area contributed by atoms with Crippen LogP contribution in [0.5, 0.6) is 11.5 Å². The summed E-state index contributed by atoms with van der Waals surface area (Å²) >= 11 is 15.0. The maximum absolute atomic E-state index is 13.2. The molecule has 1 fully saturated rings. The minimum Gasteiger partial charge on any atom is -0.490 e. The molecule has 3 rings (SSSR count). The molecule has 0 radical (unpaired) electrons. The summed E-state index contributed by atoms with van der Waals surface area (Å²) in [6, 6.07) is 10.2. The van der Waals surface area contributed by atoms with E-state index in [1.807, 2.05) is 20.8 Å². The number of nitrogens with one attached hydrogen (secondary N) is 1. The van der Waals surface area contributed by atoms with Gasteiger partial charge in [0, 0.05) is 0 Å². The van der Waals surface area contributed by atoms with E-state index in [2.05, 4.69) is 21.2 Å². The molecule has 1 aliphatic heterocycles. The summed E-state index contributed by atoms with van der Waals surface area (Å²) in [5.74, 6) is -0.106. The van der Waals surface area contributed by atoms with E-state index in [0.717, 1.165) is 0 Å². The van der Waals surface area contributed by atoms with Crippen molar-refractivity contribution in [2.24, 2.45) is 0 Å². The number of carbonyl (C=O) groups is 2. The Labute approximate surface area is 199 Å². The highest BCUT2D eigenvalue weighted by Crippen LogP contribution is 2.38. The number of amides is 2. The molecule has 2 aromatic carbocycles. The van der Waals surface area contributed by atoms with Crippen LogP contribution in [0.1, 0.15) is 26.3 Å². The fourth-order valence-electron chi connectivity index (χ4n) is 2.96. The van der Waals surface area contributed by atoms with Crippen LogP contribution in [0.3, 0.4) is 0 Å². The van der Waals surface area contributed by atoms with Crippen molar-refractivity contribution in [3.63, 3.8) is 0 Å². The minimum absolute atomic E-state index is 0.0304. The van der Waals surface area contributed by atoms with E-state index >= 15 is 0 Å². The quantitative estimate of drug-likeness (QED) is 0.323. The van der Waals surface area contributed by atoms with Gasteiger partial charge in [0.2, 0.25) is 0 Å². The number of hydrogen-bond donors (Lipinski definition) is 1. The van der Waals surface area contributed by atoms with Crippen LogP contribution in [0, 0.1) is 0 Å². The Kier molecular flexibility index (Phi) is 7.35. The highest BCUT2D eigenvalue weighted by molar-refractivity contribution is 9.10. The van der Waals surface area contributed by atoms with E-state index in [4.69, 9.17) is 33.3 Å². The molecule has 1 heterocycles. The molecule has 2 amide bonds. The van der Waals surface area contributed by atoms with Crippen LogP contribution in [-0.2, 0) is 9.59 Å². The Morgan fingerprint density at radius 2 is 1.97 bits per heavy atom. The van der Waals surface area contributed by atoms with Crippen molar-refractivity contribution in [3.05, 3.63) is 57.0 Å². The summed E-state index contributed by atoms with van der Waals surface area (Å²) in [5.41, 5.74) is 0.888. The monoisotopic (exact) mass is 522 g/mol. The number of rotatable bonds is 6. The third-order valence-corrected chi connectivity index (χ3v) is 5.38. The number of para-hydroxylation sites is 1. The van der Waals surface area contributed by atoms with Gasteiger partial charge in [-0.3, -0.25) is 19.8 Å². The van der Waals surface area contributed by atoms with Crippen LogP contribution in [0.4, 0.5) is 5.69 Å². The van der Waals surface area contributed by atoms with Gasteiger partial charge in [0.25, 0.3) is 11.8 Å². The van der Waals surface area contributed by atoms with Gasteiger partial charge < -0.3 is 9.47 Å². The molecule has 1 N–H and O–H groups in total. The third kappa shape index (κ3) is 5.08. The fourth-order valence-corrected chi connectivity index (χ4v) is 4.01. The summed E-state index contributed by atoms with van der Waals surface area (Å²) in [6.07, 6.45) is 1.42. The van der Waals surface area contributed by atoms with E-state index in [-0.39, 0.29) is 16.8 Å². The first-order valence-corrected chi connectivity index (χ1v) is 11.1. The summed E-state index contributed by atoms with van der Waals surface area (Å²) in [4.78, 5) is 27.0. The lowest BCUT2D eigenvalue weighted by Crippen LogP contribution is -2.54. The van der Waals surface area contributed by atoms with E-state index in [1.165, 1.54) is 11.0 Å². The molecule has 2 aromatic rings. The molecule has 6 nitrogen and oxygen atoms in total. The van der Waals surface area contributed by atoms with Gasteiger partial charge in [-0.1, -0.05) is 23.7 Å². The van der Waals surface area contributed by atoms with Crippen molar-refractivity contribution in [1.82, 2.24) is 5.32 Å². The van der Waals surface area contributed by atoms with Crippen LogP contribution < -0.4 is 19.7 Å². The lowest BCUT2D eigenvalue weighted by Gasteiger charge is -2.29. The second-order valence-corrected chi connectivity index (χ2v) is 8.49. The molecule has 0 bridgehead atoms. The van der Waals surface area contributed by atoms with Crippen LogP contribution in [0.15, 0.2) is 46.4 Å².